The molecule has 4 aromatic rings. The maximum absolute atomic E-state index is 13.4. The Kier molecular flexibility index (Phi) is 5.15. The lowest BCUT2D eigenvalue weighted by Gasteiger charge is -2.16. The lowest BCUT2D eigenvalue weighted by Crippen LogP contribution is -2.17. The van der Waals surface area contributed by atoms with Gasteiger partial charge in [-0.05, 0) is 19.1 Å². The minimum absolute atomic E-state index is 0.00761. The fourth-order valence-corrected chi connectivity index (χ4v) is 3.01. The van der Waals surface area contributed by atoms with E-state index < -0.39 is 35.2 Å². The van der Waals surface area contributed by atoms with Crippen LogP contribution in [0.3, 0.4) is 0 Å². The van der Waals surface area contributed by atoms with Crippen LogP contribution in [-0.4, -0.2) is 34.3 Å². The Hall–Kier alpha value is -4.22. The van der Waals surface area contributed by atoms with Gasteiger partial charge in [-0.15, -0.1) is 10.2 Å². The highest BCUT2D eigenvalue weighted by Crippen LogP contribution is 2.38. The van der Waals surface area contributed by atoms with Crippen molar-refractivity contribution in [3.8, 4) is 5.82 Å². The first-order chi connectivity index (χ1) is 15.5. The third-order valence-electron chi connectivity index (χ3n) is 4.52. The fourth-order valence-electron chi connectivity index (χ4n) is 3.01. The summed E-state index contributed by atoms with van der Waals surface area (Å²) >= 11 is 0. The number of aromatic nitrogens is 7. The molecule has 15 heteroatoms. The predicted molar refractivity (Wildman–Crippen MR) is 100 cm³/mol. The minimum atomic E-state index is -5.08. The molecule has 0 aliphatic heterocycles. The molecule has 0 aromatic carbocycles. The predicted octanol–water partition coefficient (Wildman–Crippen LogP) is 4.47. The molecule has 1 atom stereocenters. The lowest BCUT2D eigenvalue weighted by molar-refractivity contribution is -0.142. The molecule has 0 amide bonds. The number of hydrogen-bond acceptors (Lipinski definition) is 6. The van der Waals surface area contributed by atoms with Gasteiger partial charge in [-0.2, -0.15) is 36.1 Å². The average Bonchev–Trinajstić information content (AvgIpc) is 3.39. The molecule has 4 rings (SSSR count). The second-order valence-electron chi connectivity index (χ2n) is 6.74. The van der Waals surface area contributed by atoms with E-state index in [-0.39, 0.29) is 17.8 Å². The van der Waals surface area contributed by atoms with Crippen molar-refractivity contribution in [3.05, 3.63) is 65.3 Å². The summed E-state index contributed by atoms with van der Waals surface area (Å²) in [5.74, 6) is 0.172. The lowest BCUT2D eigenvalue weighted by atomic mass is 10.2. The van der Waals surface area contributed by atoms with Crippen LogP contribution < -0.4 is 5.32 Å². The van der Waals surface area contributed by atoms with Gasteiger partial charge in [0.1, 0.15) is 11.9 Å². The van der Waals surface area contributed by atoms with Crippen molar-refractivity contribution in [1.82, 2.24) is 34.3 Å². The van der Waals surface area contributed by atoms with E-state index in [1.165, 1.54) is 29.3 Å². The molecule has 0 spiro atoms. The monoisotopic (exact) mass is 467 g/mol. The summed E-state index contributed by atoms with van der Waals surface area (Å²) < 4.78 is 81.6. The van der Waals surface area contributed by atoms with Crippen LogP contribution in [0.15, 0.2) is 36.9 Å². The summed E-state index contributed by atoms with van der Waals surface area (Å²) in [4.78, 5) is 11.4. The Labute approximate surface area is 180 Å². The van der Waals surface area contributed by atoms with E-state index in [4.69, 9.17) is 6.57 Å². The Morgan fingerprint density at radius 1 is 1.06 bits per heavy atom. The van der Waals surface area contributed by atoms with Crippen molar-refractivity contribution in [2.24, 2.45) is 0 Å². The number of rotatable bonds is 4. The average molecular weight is 467 g/mol. The highest BCUT2D eigenvalue weighted by molar-refractivity contribution is 5.55. The van der Waals surface area contributed by atoms with Crippen LogP contribution in [-0.2, 0) is 12.4 Å². The molecular weight excluding hydrogens is 456 g/mol. The maximum Gasteiger partial charge on any atom is 0.420 e. The molecule has 0 radical (unpaired) electrons. The van der Waals surface area contributed by atoms with E-state index in [1.807, 2.05) is 0 Å². The third kappa shape index (κ3) is 4.14. The second kappa shape index (κ2) is 7.73. The molecule has 0 aliphatic rings. The van der Waals surface area contributed by atoms with Crippen LogP contribution in [0, 0.1) is 6.57 Å². The van der Waals surface area contributed by atoms with Crippen molar-refractivity contribution in [1.29, 1.82) is 0 Å². The molecule has 9 nitrogen and oxygen atoms in total. The number of fused-ring (bicyclic) bond motifs is 1. The van der Waals surface area contributed by atoms with Gasteiger partial charge >= 0.3 is 12.4 Å². The molecular formula is C18H11F6N9. The van der Waals surface area contributed by atoms with Crippen molar-refractivity contribution >= 4 is 17.3 Å². The van der Waals surface area contributed by atoms with Crippen LogP contribution in [0.2, 0.25) is 0 Å². The summed E-state index contributed by atoms with van der Waals surface area (Å²) in [6.45, 7) is 8.52. The van der Waals surface area contributed by atoms with Gasteiger partial charge in [0.05, 0.1) is 18.2 Å². The van der Waals surface area contributed by atoms with Gasteiger partial charge in [-0.3, -0.25) is 4.40 Å². The van der Waals surface area contributed by atoms with Gasteiger partial charge in [0.25, 0.3) is 0 Å². The van der Waals surface area contributed by atoms with Gasteiger partial charge in [-0.1, -0.05) is 6.07 Å². The number of nitrogens with one attached hydrogen (secondary N) is 1. The van der Waals surface area contributed by atoms with Crippen molar-refractivity contribution < 1.29 is 26.3 Å². The van der Waals surface area contributed by atoms with E-state index in [9.17, 15) is 26.3 Å². The summed E-state index contributed by atoms with van der Waals surface area (Å²) in [5.41, 5.74) is -3.58. The number of alkyl halides is 6. The zero-order chi connectivity index (χ0) is 24.0. The van der Waals surface area contributed by atoms with Crippen LogP contribution >= 0.6 is 0 Å². The normalized spacial score (nSPS) is 13.2. The first-order valence-corrected chi connectivity index (χ1v) is 9.02. The van der Waals surface area contributed by atoms with E-state index in [0.29, 0.717) is 22.1 Å². The summed E-state index contributed by atoms with van der Waals surface area (Å²) in [6.07, 6.45) is -7.11. The maximum atomic E-state index is 13.4. The Balaban J connectivity index is 1.73. The van der Waals surface area contributed by atoms with Crippen LogP contribution in [0.1, 0.15) is 29.9 Å². The summed E-state index contributed by atoms with van der Waals surface area (Å²) in [6, 6.07) is 2.22. The van der Waals surface area contributed by atoms with Crippen LogP contribution in [0.4, 0.5) is 38.0 Å². The molecule has 0 fully saturated rings. The Morgan fingerprint density at radius 2 is 1.82 bits per heavy atom. The van der Waals surface area contributed by atoms with E-state index >= 15 is 0 Å². The van der Waals surface area contributed by atoms with E-state index in [1.54, 1.807) is 6.92 Å². The third-order valence-corrected chi connectivity index (χ3v) is 4.52. The molecule has 0 unspecified atom stereocenters. The standard InChI is InChI=1S/C18H11F6N9/c1-9(14-27-8-28-33(14)13-4-3-11(25-2)6-26-13)29-16-31-30-15-12(18(22,23)24)5-10(7-32(15)16)17(19,20)21/h3-9H,1H3,(H,29,31)/t9-/m0/s1. The highest BCUT2D eigenvalue weighted by atomic mass is 19.4. The summed E-state index contributed by atoms with van der Waals surface area (Å²) in [5, 5.41) is 13.8. The van der Waals surface area contributed by atoms with Gasteiger partial charge in [-0.25, -0.2) is 14.8 Å². The van der Waals surface area contributed by atoms with E-state index in [2.05, 4.69) is 35.4 Å². The van der Waals surface area contributed by atoms with E-state index in [0.717, 1.165) is 0 Å². The van der Waals surface area contributed by atoms with Crippen molar-refractivity contribution in [2.45, 2.75) is 25.3 Å². The first kappa shape index (κ1) is 22.0. The fraction of sp³-hybridized carbons (Fsp3) is 0.222. The number of hydrogen-bond donors (Lipinski definition) is 1. The highest BCUT2D eigenvalue weighted by Gasteiger charge is 2.39. The number of anilines is 1. The molecule has 0 saturated carbocycles. The number of halogens is 6. The van der Waals surface area contributed by atoms with Crippen molar-refractivity contribution in [2.75, 3.05) is 5.32 Å². The topological polar surface area (TPSA) is 90.2 Å². The molecule has 4 aromatic heterocycles. The second-order valence-corrected chi connectivity index (χ2v) is 6.74. The largest absolute Gasteiger partial charge is 0.420 e. The van der Waals surface area contributed by atoms with Crippen molar-refractivity contribution in [3.63, 3.8) is 0 Å². The van der Waals surface area contributed by atoms with Gasteiger partial charge in [0.2, 0.25) is 11.6 Å². The molecule has 170 valence electrons. The van der Waals surface area contributed by atoms with Gasteiger partial charge < -0.3 is 5.32 Å². The SMILES string of the molecule is [C-]#[N+]c1ccc(-n2ncnc2[C@H](C)Nc2nnc3c(C(F)(F)F)cc(C(F)(F)F)cn23)nc1. The Bertz CT molecular complexity index is 1350. The quantitative estimate of drug-likeness (QED) is 0.352. The molecule has 0 saturated heterocycles. The molecule has 1 N–H and O–H groups in total. The molecule has 0 aliphatic carbocycles. The van der Waals surface area contributed by atoms with Gasteiger partial charge in [0.15, 0.2) is 17.3 Å². The first-order valence-electron chi connectivity index (χ1n) is 9.02. The molecule has 4 heterocycles. The molecule has 0 bridgehead atoms. The Morgan fingerprint density at radius 3 is 2.42 bits per heavy atom. The van der Waals surface area contributed by atoms with Gasteiger partial charge in [0, 0.05) is 12.4 Å². The number of nitrogens with zero attached hydrogens (tertiary/aromatic N) is 8. The van der Waals surface area contributed by atoms with Crippen LogP contribution in [0.25, 0.3) is 16.3 Å². The zero-order valence-electron chi connectivity index (χ0n) is 16.4. The minimum Gasteiger partial charge on any atom is -0.344 e. The zero-order valence-corrected chi connectivity index (χ0v) is 16.4. The smallest absolute Gasteiger partial charge is 0.344 e. The number of pyridine rings is 2. The summed E-state index contributed by atoms with van der Waals surface area (Å²) in [7, 11) is 0. The van der Waals surface area contributed by atoms with Crippen LogP contribution in [0.5, 0.6) is 0 Å². The molecule has 33 heavy (non-hydrogen) atoms.